The van der Waals surface area contributed by atoms with Gasteiger partial charge in [0.1, 0.15) is 5.75 Å². The maximum Gasteiger partial charge on any atom is 0.401 e. The number of nitrogens with zero attached hydrogens (tertiary/aromatic N) is 3. The molecule has 2 aliphatic heterocycles. The van der Waals surface area contributed by atoms with Gasteiger partial charge in [-0.2, -0.15) is 18.3 Å². The van der Waals surface area contributed by atoms with Crippen LogP contribution in [0.25, 0.3) is 11.3 Å². The number of Topliss-reactive ketones (excluding diaryl/α,β-unsaturated/α-hetero) is 1. The highest BCUT2D eigenvalue weighted by Gasteiger charge is 2.46. The molecule has 0 radical (unpaired) electrons. The summed E-state index contributed by atoms with van der Waals surface area (Å²) in [5.41, 5.74) is 5.16. The minimum atomic E-state index is -4.23. The van der Waals surface area contributed by atoms with Crippen molar-refractivity contribution in [2.75, 3.05) is 31.6 Å². The van der Waals surface area contributed by atoms with E-state index in [-0.39, 0.29) is 30.2 Å². The van der Waals surface area contributed by atoms with Gasteiger partial charge in [-0.3, -0.25) is 14.8 Å². The average Bonchev–Trinajstić information content (AvgIpc) is 3.49. The number of carbonyl (C=O) groups is 1. The molecule has 2 aliphatic rings. The van der Waals surface area contributed by atoms with Gasteiger partial charge in [0.2, 0.25) is 0 Å². The summed E-state index contributed by atoms with van der Waals surface area (Å²) in [5, 5.41) is 7.15. The van der Waals surface area contributed by atoms with Crippen molar-refractivity contribution >= 4 is 11.5 Å². The molecule has 3 heterocycles. The fourth-order valence-electron chi connectivity index (χ4n) is 5.88. The van der Waals surface area contributed by atoms with Gasteiger partial charge in [-0.05, 0) is 68.3 Å². The normalized spacial score (nSPS) is 19.7. The van der Waals surface area contributed by atoms with E-state index in [1.807, 2.05) is 42.5 Å². The quantitative estimate of drug-likeness (QED) is 0.426. The molecule has 5 rings (SSSR count). The Kier molecular flexibility index (Phi) is 6.74. The molecule has 0 aliphatic carbocycles. The lowest BCUT2D eigenvalue weighted by Gasteiger charge is -2.41. The maximum atomic E-state index is 13.5. The number of ether oxygens (including phenoxy) is 1. The van der Waals surface area contributed by atoms with Crippen molar-refractivity contribution in [2.24, 2.45) is 0 Å². The molecule has 1 fully saturated rings. The predicted octanol–water partition coefficient (Wildman–Crippen LogP) is 5.46. The topological polar surface area (TPSA) is 61.5 Å². The van der Waals surface area contributed by atoms with E-state index in [0.717, 1.165) is 33.8 Å². The highest BCUT2D eigenvalue weighted by atomic mass is 19.4. The smallest absolute Gasteiger partial charge is 0.401 e. The number of nitrogens with one attached hydrogen (secondary N) is 1. The Bertz CT molecular complexity index is 1260. The molecule has 1 N–H and O–H groups in total. The zero-order valence-electron chi connectivity index (χ0n) is 21.2. The number of aromatic amines is 1. The summed E-state index contributed by atoms with van der Waals surface area (Å²) in [6, 6.07) is 13.1. The Hall–Kier alpha value is -3.33. The number of alkyl halides is 3. The standard InChI is InChI=1S/C28H31F3N4O2/c1-17(2)35-25-15-34(16-28(29,30)31)11-9-21(25)22-13-19(14-23(27(22)35)24-8-10-32-33-24)26(36)12-18-4-6-20(37-3)7-5-18/h4-8,10,13-14,17,21,25H,9,11-12,15-16H2,1-3H3,(H,32,33). The van der Waals surface area contributed by atoms with Crippen molar-refractivity contribution in [3.63, 3.8) is 0 Å². The number of likely N-dealkylation sites (tertiary alicyclic amines) is 1. The van der Waals surface area contributed by atoms with Gasteiger partial charge in [0.15, 0.2) is 5.78 Å². The number of methoxy groups -OCH3 is 1. The average molecular weight is 513 g/mol. The molecule has 196 valence electrons. The van der Waals surface area contributed by atoms with E-state index in [2.05, 4.69) is 28.9 Å². The minimum absolute atomic E-state index is 0.0113. The number of ketones is 1. The van der Waals surface area contributed by atoms with E-state index in [1.165, 1.54) is 4.90 Å². The van der Waals surface area contributed by atoms with Crippen LogP contribution < -0.4 is 9.64 Å². The number of H-pyrrole nitrogens is 1. The first-order valence-corrected chi connectivity index (χ1v) is 12.6. The van der Waals surface area contributed by atoms with Gasteiger partial charge in [-0.25, -0.2) is 0 Å². The van der Waals surface area contributed by atoms with Crippen molar-refractivity contribution < 1.29 is 22.7 Å². The molecule has 0 amide bonds. The molecule has 2 unspecified atom stereocenters. The number of piperidine rings is 1. The van der Waals surface area contributed by atoms with Gasteiger partial charge in [-0.15, -0.1) is 0 Å². The van der Waals surface area contributed by atoms with E-state index in [4.69, 9.17) is 4.74 Å². The van der Waals surface area contributed by atoms with Crippen LogP contribution in [0.15, 0.2) is 48.7 Å². The summed E-state index contributed by atoms with van der Waals surface area (Å²) in [6.45, 7) is 3.92. The number of aromatic nitrogens is 2. The molecular formula is C28H31F3N4O2. The number of rotatable bonds is 7. The summed E-state index contributed by atoms with van der Waals surface area (Å²) in [4.78, 5) is 17.2. The first-order chi connectivity index (χ1) is 17.6. The fourth-order valence-corrected chi connectivity index (χ4v) is 5.88. The van der Waals surface area contributed by atoms with Crippen molar-refractivity contribution in [1.82, 2.24) is 15.1 Å². The minimum Gasteiger partial charge on any atom is -0.497 e. The van der Waals surface area contributed by atoms with Crippen LogP contribution in [-0.2, 0) is 6.42 Å². The third-order valence-corrected chi connectivity index (χ3v) is 7.42. The molecule has 6 nitrogen and oxygen atoms in total. The molecule has 9 heteroatoms. The van der Waals surface area contributed by atoms with E-state index in [9.17, 15) is 18.0 Å². The first-order valence-electron chi connectivity index (χ1n) is 12.6. The second kappa shape index (κ2) is 9.85. The largest absolute Gasteiger partial charge is 0.497 e. The van der Waals surface area contributed by atoms with Gasteiger partial charge in [0.05, 0.1) is 25.0 Å². The van der Waals surface area contributed by atoms with Crippen LogP contribution in [0.3, 0.4) is 0 Å². The van der Waals surface area contributed by atoms with Crippen molar-refractivity contribution in [1.29, 1.82) is 0 Å². The Morgan fingerprint density at radius 2 is 1.95 bits per heavy atom. The van der Waals surface area contributed by atoms with Crippen LogP contribution in [-0.4, -0.2) is 65.9 Å². The van der Waals surface area contributed by atoms with Crippen LogP contribution in [0.4, 0.5) is 18.9 Å². The summed E-state index contributed by atoms with van der Waals surface area (Å²) in [5.74, 6) is 0.770. The summed E-state index contributed by atoms with van der Waals surface area (Å²) in [7, 11) is 1.60. The van der Waals surface area contributed by atoms with E-state index >= 15 is 0 Å². The van der Waals surface area contributed by atoms with Crippen molar-refractivity contribution in [3.05, 3.63) is 65.4 Å². The van der Waals surface area contributed by atoms with Gasteiger partial charge < -0.3 is 9.64 Å². The zero-order chi connectivity index (χ0) is 26.3. The fraction of sp³-hybridized carbons (Fsp3) is 0.429. The van der Waals surface area contributed by atoms with E-state index in [1.54, 1.807) is 13.3 Å². The highest BCUT2D eigenvalue weighted by Crippen LogP contribution is 2.51. The van der Waals surface area contributed by atoms with Crippen LogP contribution in [0.5, 0.6) is 5.75 Å². The number of hydrogen-bond acceptors (Lipinski definition) is 5. The number of anilines is 1. The molecular weight excluding hydrogens is 481 g/mol. The van der Waals surface area contributed by atoms with Crippen LogP contribution >= 0.6 is 0 Å². The van der Waals surface area contributed by atoms with Gasteiger partial charge in [0.25, 0.3) is 0 Å². The van der Waals surface area contributed by atoms with Crippen molar-refractivity contribution in [3.8, 4) is 17.0 Å². The van der Waals surface area contributed by atoms with Gasteiger partial charge in [0, 0.05) is 48.3 Å². The first kappa shape index (κ1) is 25.3. The Morgan fingerprint density at radius 3 is 2.57 bits per heavy atom. The summed E-state index contributed by atoms with van der Waals surface area (Å²) < 4.78 is 44.8. The SMILES string of the molecule is COc1ccc(CC(=O)c2cc(-c3ccn[nH]3)c3c(c2)C2CCN(CC(F)(F)F)CC2N3C(C)C)cc1. The van der Waals surface area contributed by atoms with Crippen LogP contribution in [0.1, 0.15) is 47.7 Å². The molecule has 1 aromatic heterocycles. The van der Waals surface area contributed by atoms with E-state index < -0.39 is 12.7 Å². The number of hydrogen-bond donors (Lipinski definition) is 1. The number of halogens is 3. The second-order valence-corrected chi connectivity index (χ2v) is 10.2. The molecule has 2 atom stereocenters. The van der Waals surface area contributed by atoms with Crippen molar-refractivity contribution in [2.45, 2.75) is 50.9 Å². The third-order valence-electron chi connectivity index (χ3n) is 7.42. The Balaban J connectivity index is 1.54. The van der Waals surface area contributed by atoms with Gasteiger partial charge >= 0.3 is 6.18 Å². The second-order valence-electron chi connectivity index (χ2n) is 10.2. The number of carbonyl (C=O) groups excluding carboxylic acids is 1. The highest BCUT2D eigenvalue weighted by molar-refractivity contribution is 6.01. The summed E-state index contributed by atoms with van der Waals surface area (Å²) in [6.07, 6.45) is -1.72. The molecule has 0 bridgehead atoms. The van der Waals surface area contributed by atoms with E-state index in [0.29, 0.717) is 25.1 Å². The summed E-state index contributed by atoms with van der Waals surface area (Å²) >= 11 is 0. The Labute approximate surface area is 214 Å². The monoisotopic (exact) mass is 512 g/mol. The number of benzene rings is 2. The lowest BCUT2D eigenvalue weighted by atomic mass is 9.85. The lowest BCUT2D eigenvalue weighted by molar-refractivity contribution is -0.148. The van der Waals surface area contributed by atoms with Gasteiger partial charge in [-0.1, -0.05) is 12.1 Å². The third kappa shape index (κ3) is 5.09. The molecule has 0 spiro atoms. The molecule has 0 saturated carbocycles. The van der Waals surface area contributed by atoms with Crippen LogP contribution in [0.2, 0.25) is 0 Å². The van der Waals surface area contributed by atoms with Crippen LogP contribution in [0, 0.1) is 0 Å². The predicted molar refractivity (Wildman–Crippen MR) is 136 cm³/mol. The number of fused-ring (bicyclic) bond motifs is 3. The zero-order valence-corrected chi connectivity index (χ0v) is 21.2. The molecule has 3 aromatic rings. The molecule has 1 saturated heterocycles. The molecule has 37 heavy (non-hydrogen) atoms. The molecule has 2 aromatic carbocycles. The Morgan fingerprint density at radius 1 is 1.19 bits per heavy atom. The lowest BCUT2D eigenvalue weighted by Crippen LogP contribution is -2.52. The maximum absolute atomic E-state index is 13.5.